The van der Waals surface area contributed by atoms with Crippen LogP contribution in [0.4, 0.5) is 15.8 Å². The molecule has 0 aliphatic heterocycles. The van der Waals surface area contributed by atoms with Gasteiger partial charge in [-0.25, -0.2) is 4.39 Å². The Morgan fingerprint density at radius 3 is 2.50 bits per heavy atom. The molecule has 0 heterocycles. The number of benzene rings is 2. The maximum atomic E-state index is 13.2. The first-order valence-corrected chi connectivity index (χ1v) is 8.39. The lowest BCUT2D eigenvalue weighted by Crippen LogP contribution is -2.37. The highest BCUT2D eigenvalue weighted by atomic mass is 127. The predicted octanol–water partition coefficient (Wildman–Crippen LogP) is 3.48. The number of nitrogens with zero attached hydrogens (tertiary/aromatic N) is 1. The van der Waals surface area contributed by atoms with E-state index < -0.39 is 5.82 Å². The number of amides is 1. The molecule has 0 saturated heterocycles. The summed E-state index contributed by atoms with van der Waals surface area (Å²) in [5, 5.41) is 8.56. The molecule has 2 aromatic rings. The van der Waals surface area contributed by atoms with E-state index in [0.29, 0.717) is 35.4 Å². The number of guanidine groups is 1. The highest BCUT2D eigenvalue weighted by Gasteiger charge is 2.08. The summed E-state index contributed by atoms with van der Waals surface area (Å²) in [6.45, 7) is 2.39. The number of anilines is 2. The number of carbonyl (C=O) groups excluding carboxylic acids is 1. The highest BCUT2D eigenvalue weighted by molar-refractivity contribution is 14.0. The largest absolute Gasteiger partial charge is 0.493 e. The molecule has 0 aliphatic carbocycles. The molecule has 0 spiro atoms. The minimum atomic E-state index is -0.414. The molecule has 9 heteroatoms. The van der Waals surface area contributed by atoms with Crippen molar-refractivity contribution in [2.75, 3.05) is 37.9 Å². The van der Waals surface area contributed by atoms with Crippen molar-refractivity contribution >= 4 is 47.2 Å². The maximum Gasteiger partial charge on any atom is 0.243 e. The molecular weight excluding hydrogens is 478 g/mol. The number of halogens is 2. The van der Waals surface area contributed by atoms with Crippen molar-refractivity contribution in [1.29, 1.82) is 0 Å². The van der Waals surface area contributed by atoms with Crippen LogP contribution in [0, 0.1) is 5.82 Å². The van der Waals surface area contributed by atoms with Crippen molar-refractivity contribution in [2.24, 2.45) is 4.99 Å². The van der Waals surface area contributed by atoms with Crippen molar-refractivity contribution in [3.8, 4) is 11.5 Å². The minimum Gasteiger partial charge on any atom is -0.493 e. The van der Waals surface area contributed by atoms with E-state index in [1.165, 1.54) is 18.2 Å². The van der Waals surface area contributed by atoms with Crippen LogP contribution in [-0.2, 0) is 4.79 Å². The molecule has 0 atom stereocenters. The Labute approximate surface area is 180 Å². The molecule has 3 N–H and O–H groups in total. The Kier molecular flexibility index (Phi) is 10.1. The zero-order valence-electron chi connectivity index (χ0n) is 15.9. The first-order valence-electron chi connectivity index (χ1n) is 8.39. The van der Waals surface area contributed by atoms with Crippen LogP contribution in [0.3, 0.4) is 0 Å². The zero-order valence-corrected chi connectivity index (χ0v) is 18.2. The van der Waals surface area contributed by atoms with Crippen LogP contribution in [0.15, 0.2) is 47.5 Å². The average Bonchev–Trinajstić information content (AvgIpc) is 2.66. The molecule has 2 rings (SSSR count). The molecule has 0 aliphatic rings. The fourth-order valence-corrected chi connectivity index (χ4v) is 2.27. The van der Waals surface area contributed by atoms with E-state index in [0.717, 1.165) is 0 Å². The second kappa shape index (κ2) is 12.0. The Hall–Kier alpha value is -2.56. The number of aliphatic imine (C=N–C) groups is 1. The number of carbonyl (C=O) groups is 1. The third kappa shape index (κ3) is 7.22. The van der Waals surface area contributed by atoms with Crippen LogP contribution in [0.25, 0.3) is 0 Å². The van der Waals surface area contributed by atoms with Gasteiger partial charge in [0, 0.05) is 24.5 Å². The first-order chi connectivity index (χ1) is 13.0. The Balaban J connectivity index is 0.00000392. The summed E-state index contributed by atoms with van der Waals surface area (Å²) in [4.78, 5) is 16.1. The van der Waals surface area contributed by atoms with Crippen LogP contribution < -0.4 is 25.4 Å². The third-order valence-electron chi connectivity index (χ3n) is 3.47. The number of ether oxygens (including phenoxy) is 2. The molecular formula is C19H24FIN4O3. The van der Waals surface area contributed by atoms with Crippen molar-refractivity contribution in [1.82, 2.24) is 5.32 Å². The quantitative estimate of drug-likeness (QED) is 0.307. The molecule has 0 fully saturated rings. The molecule has 28 heavy (non-hydrogen) atoms. The molecule has 0 aromatic heterocycles. The van der Waals surface area contributed by atoms with Gasteiger partial charge in [-0.1, -0.05) is 6.07 Å². The van der Waals surface area contributed by atoms with Gasteiger partial charge in [0.1, 0.15) is 5.82 Å². The standard InChI is InChI=1S/C19H23FN4O3.HI/c1-4-27-16-9-8-15(11-17(16)26-3)24-19(21-2)22-12-18(25)23-14-7-5-6-13(20)10-14;/h5-11H,4,12H2,1-3H3,(H,23,25)(H2,21,22,24);1H. The van der Waals surface area contributed by atoms with Crippen molar-refractivity contribution in [3.63, 3.8) is 0 Å². The van der Waals surface area contributed by atoms with Gasteiger partial charge in [0.15, 0.2) is 17.5 Å². The van der Waals surface area contributed by atoms with Crippen LogP contribution >= 0.6 is 24.0 Å². The van der Waals surface area contributed by atoms with Gasteiger partial charge in [-0.05, 0) is 37.3 Å². The summed E-state index contributed by atoms with van der Waals surface area (Å²) in [6.07, 6.45) is 0. The van der Waals surface area contributed by atoms with Gasteiger partial charge in [-0.3, -0.25) is 9.79 Å². The molecule has 0 saturated carbocycles. The van der Waals surface area contributed by atoms with Crippen molar-refractivity contribution in [2.45, 2.75) is 6.92 Å². The Morgan fingerprint density at radius 1 is 1.11 bits per heavy atom. The SMILES string of the molecule is CCOc1ccc(NC(=NC)NCC(=O)Nc2cccc(F)c2)cc1OC.I. The molecule has 1 amide bonds. The smallest absolute Gasteiger partial charge is 0.243 e. The minimum absolute atomic E-state index is 0. The van der Waals surface area contributed by atoms with Gasteiger partial charge < -0.3 is 25.4 Å². The summed E-state index contributed by atoms with van der Waals surface area (Å²) in [5.41, 5.74) is 1.11. The van der Waals surface area contributed by atoms with E-state index in [1.54, 1.807) is 32.4 Å². The maximum absolute atomic E-state index is 13.2. The Morgan fingerprint density at radius 2 is 1.86 bits per heavy atom. The second-order valence-corrected chi connectivity index (χ2v) is 5.41. The summed E-state index contributed by atoms with van der Waals surface area (Å²) in [6, 6.07) is 11.1. The van der Waals surface area contributed by atoms with E-state index >= 15 is 0 Å². The number of rotatable bonds is 7. The molecule has 0 radical (unpaired) electrons. The van der Waals surface area contributed by atoms with Gasteiger partial charge in [0.05, 0.1) is 20.3 Å². The van der Waals surface area contributed by atoms with Crippen LogP contribution in [-0.4, -0.2) is 39.2 Å². The molecule has 152 valence electrons. The van der Waals surface area contributed by atoms with Crippen LogP contribution in [0.1, 0.15) is 6.92 Å². The van der Waals surface area contributed by atoms with Crippen molar-refractivity contribution < 1.29 is 18.7 Å². The van der Waals surface area contributed by atoms with E-state index in [-0.39, 0.29) is 36.4 Å². The van der Waals surface area contributed by atoms with Gasteiger partial charge in [0.2, 0.25) is 5.91 Å². The van der Waals surface area contributed by atoms with E-state index in [4.69, 9.17) is 9.47 Å². The average molecular weight is 502 g/mol. The number of nitrogens with one attached hydrogen (secondary N) is 3. The highest BCUT2D eigenvalue weighted by Crippen LogP contribution is 2.30. The van der Waals surface area contributed by atoms with E-state index in [1.807, 2.05) is 13.0 Å². The van der Waals surface area contributed by atoms with E-state index in [2.05, 4.69) is 20.9 Å². The molecule has 0 bridgehead atoms. The van der Waals surface area contributed by atoms with Crippen LogP contribution in [0.5, 0.6) is 11.5 Å². The summed E-state index contributed by atoms with van der Waals surface area (Å²) >= 11 is 0. The lowest BCUT2D eigenvalue weighted by molar-refractivity contribution is -0.115. The summed E-state index contributed by atoms with van der Waals surface area (Å²) in [7, 11) is 3.15. The number of hydrogen-bond acceptors (Lipinski definition) is 4. The molecule has 7 nitrogen and oxygen atoms in total. The zero-order chi connectivity index (χ0) is 19.6. The summed E-state index contributed by atoms with van der Waals surface area (Å²) in [5.74, 6) is 0.884. The van der Waals surface area contributed by atoms with Crippen molar-refractivity contribution in [3.05, 3.63) is 48.3 Å². The van der Waals surface area contributed by atoms with Gasteiger partial charge in [-0.2, -0.15) is 0 Å². The van der Waals surface area contributed by atoms with Gasteiger partial charge in [0.25, 0.3) is 0 Å². The third-order valence-corrected chi connectivity index (χ3v) is 3.47. The molecule has 2 aromatic carbocycles. The van der Waals surface area contributed by atoms with Crippen LogP contribution in [0.2, 0.25) is 0 Å². The second-order valence-electron chi connectivity index (χ2n) is 5.41. The Bertz CT molecular complexity index is 818. The van der Waals surface area contributed by atoms with E-state index in [9.17, 15) is 9.18 Å². The lowest BCUT2D eigenvalue weighted by atomic mass is 10.2. The summed E-state index contributed by atoms with van der Waals surface area (Å²) < 4.78 is 23.9. The lowest BCUT2D eigenvalue weighted by Gasteiger charge is -2.14. The monoisotopic (exact) mass is 502 g/mol. The van der Waals surface area contributed by atoms with Gasteiger partial charge in [-0.15, -0.1) is 24.0 Å². The normalized spacial score (nSPS) is 10.5. The number of hydrogen-bond donors (Lipinski definition) is 3. The fraction of sp³-hybridized carbons (Fsp3) is 0.263. The topological polar surface area (TPSA) is 84.0 Å². The molecule has 0 unspecified atom stereocenters. The number of methoxy groups -OCH3 is 1. The predicted molar refractivity (Wildman–Crippen MR) is 120 cm³/mol. The first kappa shape index (κ1) is 23.5. The van der Waals surface area contributed by atoms with Gasteiger partial charge >= 0.3 is 0 Å². The fourth-order valence-electron chi connectivity index (χ4n) is 2.27.